The summed E-state index contributed by atoms with van der Waals surface area (Å²) in [5.74, 6) is 0.00803. The number of ether oxygens (including phenoxy) is 3. The number of thioether (sulfide) groups is 1. The lowest BCUT2D eigenvalue weighted by molar-refractivity contribution is -0.116. The molecule has 50 heavy (non-hydrogen) atoms. The molecule has 0 aliphatic carbocycles. The molecule has 3 amide bonds. The average molecular weight is 800 g/mol. The quantitative estimate of drug-likeness (QED) is 0.0625. The predicted octanol–water partition coefficient (Wildman–Crippen LogP) is 8.20. The second-order valence-electron chi connectivity index (χ2n) is 10.7. The van der Waals surface area contributed by atoms with E-state index in [9.17, 15) is 14.4 Å². The summed E-state index contributed by atoms with van der Waals surface area (Å²) in [5.41, 5.74) is 2.96. The van der Waals surface area contributed by atoms with E-state index in [2.05, 4.69) is 38.5 Å². The van der Waals surface area contributed by atoms with Crippen molar-refractivity contribution < 1.29 is 28.6 Å². The normalized spacial score (nSPS) is 11.6. The number of methoxy groups -OCH3 is 3. The molecule has 0 aliphatic rings. The van der Waals surface area contributed by atoms with E-state index < -0.39 is 17.1 Å². The van der Waals surface area contributed by atoms with E-state index >= 15 is 0 Å². The van der Waals surface area contributed by atoms with Crippen molar-refractivity contribution in [2.45, 2.75) is 10.1 Å². The fourth-order valence-electron chi connectivity index (χ4n) is 4.89. The third kappa shape index (κ3) is 9.45. The van der Waals surface area contributed by atoms with Gasteiger partial charge in [-0.1, -0.05) is 48.5 Å². The number of hydrogen-bond acceptors (Lipinski definition) is 7. The number of amides is 3. The minimum Gasteiger partial charge on any atom is -0.493 e. The van der Waals surface area contributed by atoms with Gasteiger partial charge in [-0.3, -0.25) is 14.4 Å². The number of carbonyl (C=O) groups is 3. The van der Waals surface area contributed by atoms with Crippen LogP contribution in [0.2, 0.25) is 0 Å². The molecule has 1 unspecified atom stereocenters. The summed E-state index contributed by atoms with van der Waals surface area (Å²) in [4.78, 5) is 41.2. The fourth-order valence-corrected chi connectivity index (χ4v) is 6.27. The van der Waals surface area contributed by atoms with Crippen LogP contribution in [0, 0.1) is 3.57 Å². The van der Waals surface area contributed by atoms with E-state index in [1.54, 1.807) is 54.6 Å². The predicted molar refractivity (Wildman–Crippen MR) is 206 cm³/mol. The molecule has 0 bridgehead atoms. The van der Waals surface area contributed by atoms with Crippen LogP contribution in [0.4, 0.5) is 11.4 Å². The largest absolute Gasteiger partial charge is 0.493 e. The van der Waals surface area contributed by atoms with E-state index in [4.69, 9.17) is 14.2 Å². The number of nitrogens with one attached hydrogen (secondary N) is 3. The lowest BCUT2D eigenvalue weighted by Crippen LogP contribution is -2.30. The molecule has 1 atom stereocenters. The van der Waals surface area contributed by atoms with Gasteiger partial charge in [-0.15, -0.1) is 11.8 Å². The summed E-state index contributed by atoms with van der Waals surface area (Å²) in [7, 11) is 4.49. The first-order valence-corrected chi connectivity index (χ1v) is 17.3. The van der Waals surface area contributed by atoms with Gasteiger partial charge in [-0.25, -0.2) is 0 Å². The summed E-state index contributed by atoms with van der Waals surface area (Å²) in [6.45, 7) is 0. The second-order valence-corrected chi connectivity index (χ2v) is 13.1. The molecular formula is C39H34IN3O6S. The molecule has 0 heterocycles. The van der Waals surface area contributed by atoms with Gasteiger partial charge in [0.15, 0.2) is 11.5 Å². The van der Waals surface area contributed by atoms with E-state index in [1.165, 1.54) is 39.2 Å². The van der Waals surface area contributed by atoms with Gasteiger partial charge in [0.1, 0.15) is 10.9 Å². The van der Waals surface area contributed by atoms with E-state index in [-0.39, 0.29) is 11.6 Å². The molecule has 9 nitrogen and oxygen atoms in total. The third-order valence-electron chi connectivity index (χ3n) is 7.35. The summed E-state index contributed by atoms with van der Waals surface area (Å²) in [6.07, 6.45) is 1.53. The Morgan fingerprint density at radius 3 is 1.84 bits per heavy atom. The minimum absolute atomic E-state index is 0.0111. The van der Waals surface area contributed by atoms with Crippen molar-refractivity contribution in [3.63, 3.8) is 0 Å². The molecule has 0 aliphatic heterocycles. The average Bonchev–Trinajstić information content (AvgIpc) is 3.15. The highest BCUT2D eigenvalue weighted by Crippen LogP contribution is 2.39. The summed E-state index contributed by atoms with van der Waals surface area (Å²) in [5, 5.41) is 8.11. The highest BCUT2D eigenvalue weighted by molar-refractivity contribution is 14.1. The van der Waals surface area contributed by atoms with E-state index in [1.807, 2.05) is 66.7 Å². The van der Waals surface area contributed by atoms with Crippen molar-refractivity contribution in [1.82, 2.24) is 5.32 Å². The Hall–Kier alpha value is -5.27. The highest BCUT2D eigenvalue weighted by atomic mass is 127. The van der Waals surface area contributed by atoms with E-state index in [0.717, 1.165) is 14.0 Å². The molecule has 0 saturated carbocycles. The monoisotopic (exact) mass is 799 g/mol. The van der Waals surface area contributed by atoms with Crippen LogP contribution >= 0.6 is 34.4 Å². The van der Waals surface area contributed by atoms with Crippen LogP contribution in [0.15, 0.2) is 132 Å². The number of hydrogen-bond donors (Lipinski definition) is 3. The standard InChI is InChI=1S/C39H34IN3O6S/c1-47-33-23-25(24-34(48-2)35(33)49-3)22-32(43-37(44)27-12-8-5-9-13-27)38(45)41-30-18-20-31(21-19-30)50-36(26-10-6-4-7-11-26)39(46)42-29-16-14-28(40)15-17-29/h4-24,36H,1-3H3,(H,41,45)(H,42,46)(H,43,44)/b32-22-. The smallest absolute Gasteiger partial charge is 0.272 e. The molecular weight excluding hydrogens is 765 g/mol. The maximum absolute atomic E-state index is 13.7. The first-order chi connectivity index (χ1) is 24.3. The Bertz CT molecular complexity index is 1950. The van der Waals surface area contributed by atoms with Crippen molar-refractivity contribution in [2.75, 3.05) is 32.0 Å². The van der Waals surface area contributed by atoms with Crippen LogP contribution in [0.5, 0.6) is 17.2 Å². The van der Waals surface area contributed by atoms with Crippen LogP contribution in [0.3, 0.4) is 0 Å². The van der Waals surface area contributed by atoms with Crippen LogP contribution < -0.4 is 30.2 Å². The first-order valence-electron chi connectivity index (χ1n) is 15.4. The van der Waals surface area contributed by atoms with Crippen molar-refractivity contribution in [3.8, 4) is 17.2 Å². The van der Waals surface area contributed by atoms with Crippen LogP contribution in [0.25, 0.3) is 6.08 Å². The maximum Gasteiger partial charge on any atom is 0.272 e. The van der Waals surface area contributed by atoms with Gasteiger partial charge in [0.05, 0.1) is 21.3 Å². The molecule has 0 fully saturated rings. The van der Waals surface area contributed by atoms with Gasteiger partial charge >= 0.3 is 0 Å². The molecule has 0 saturated heterocycles. The van der Waals surface area contributed by atoms with E-state index in [0.29, 0.717) is 39.8 Å². The molecule has 0 radical (unpaired) electrons. The SMILES string of the molecule is COc1cc(/C=C(\NC(=O)c2ccccc2)C(=O)Nc2ccc(SC(C(=O)Nc3ccc(I)cc3)c3ccccc3)cc2)cc(OC)c1OC. The third-order valence-corrected chi connectivity index (χ3v) is 9.33. The van der Waals surface area contributed by atoms with Gasteiger partial charge in [0.2, 0.25) is 11.7 Å². The van der Waals surface area contributed by atoms with Gasteiger partial charge in [-0.2, -0.15) is 0 Å². The summed E-state index contributed by atoms with van der Waals surface area (Å²) in [6, 6.07) is 36.3. The molecule has 5 aromatic carbocycles. The minimum atomic E-state index is -0.553. The number of halogens is 1. The van der Waals surface area contributed by atoms with Gasteiger partial charge in [0, 0.05) is 25.4 Å². The summed E-state index contributed by atoms with van der Waals surface area (Å²) < 4.78 is 17.4. The topological polar surface area (TPSA) is 115 Å². The van der Waals surface area contributed by atoms with Gasteiger partial charge in [0.25, 0.3) is 11.8 Å². The fraction of sp³-hybridized carbons (Fsp3) is 0.103. The number of carbonyl (C=O) groups excluding carboxylic acids is 3. The van der Waals surface area contributed by atoms with Crippen molar-refractivity contribution in [1.29, 1.82) is 0 Å². The molecule has 3 N–H and O–H groups in total. The maximum atomic E-state index is 13.7. The zero-order valence-corrected chi connectivity index (χ0v) is 30.4. The van der Waals surface area contributed by atoms with Gasteiger partial charge < -0.3 is 30.2 Å². The zero-order chi connectivity index (χ0) is 35.5. The van der Waals surface area contributed by atoms with Gasteiger partial charge in [-0.05, 0) is 113 Å². The molecule has 254 valence electrons. The lowest BCUT2D eigenvalue weighted by atomic mass is 10.1. The van der Waals surface area contributed by atoms with Crippen molar-refractivity contribution >= 4 is 69.5 Å². The Balaban J connectivity index is 1.38. The molecule has 0 spiro atoms. The molecule has 5 aromatic rings. The number of anilines is 2. The van der Waals surface area contributed by atoms with Crippen molar-refractivity contribution in [3.05, 3.63) is 147 Å². The van der Waals surface area contributed by atoms with Crippen LogP contribution in [-0.4, -0.2) is 39.1 Å². The molecule has 0 aromatic heterocycles. The Kier molecular flexibility index (Phi) is 12.5. The first kappa shape index (κ1) is 36.0. The molecule has 11 heteroatoms. The lowest BCUT2D eigenvalue weighted by Gasteiger charge is -2.18. The van der Waals surface area contributed by atoms with Crippen LogP contribution in [0.1, 0.15) is 26.7 Å². The van der Waals surface area contributed by atoms with Crippen molar-refractivity contribution in [2.24, 2.45) is 0 Å². The second kappa shape index (κ2) is 17.4. The molecule has 5 rings (SSSR count). The zero-order valence-electron chi connectivity index (χ0n) is 27.4. The van der Waals surface area contributed by atoms with Crippen LogP contribution in [-0.2, 0) is 9.59 Å². The number of benzene rings is 5. The number of rotatable bonds is 13. The Morgan fingerprint density at radius 2 is 1.26 bits per heavy atom. The summed E-state index contributed by atoms with van der Waals surface area (Å²) >= 11 is 3.62. The Labute approximate surface area is 308 Å². The Morgan fingerprint density at radius 1 is 0.700 bits per heavy atom. The highest BCUT2D eigenvalue weighted by Gasteiger charge is 2.23.